The summed E-state index contributed by atoms with van der Waals surface area (Å²) in [5.74, 6) is -3.59. The Bertz CT molecular complexity index is 758. The van der Waals surface area contributed by atoms with E-state index in [0.29, 0.717) is 6.42 Å². The molecule has 0 saturated heterocycles. The van der Waals surface area contributed by atoms with Gasteiger partial charge in [0.1, 0.15) is 5.78 Å². The number of benzene rings is 1. The minimum absolute atomic E-state index is 0.0992. The summed E-state index contributed by atoms with van der Waals surface area (Å²) in [6.45, 7) is 3.35. The van der Waals surface area contributed by atoms with Crippen molar-refractivity contribution in [3.8, 4) is 0 Å². The van der Waals surface area contributed by atoms with Gasteiger partial charge in [-0.2, -0.15) is 0 Å². The first kappa shape index (κ1) is 25.6. The number of nitrogens with one attached hydrogen (secondary N) is 2. The molecule has 0 heterocycles. The number of rotatable bonds is 13. The van der Waals surface area contributed by atoms with Gasteiger partial charge in [-0.25, -0.2) is 9.59 Å². The predicted molar refractivity (Wildman–Crippen MR) is 111 cm³/mol. The predicted octanol–water partition coefficient (Wildman–Crippen LogP) is 1.82. The zero-order valence-corrected chi connectivity index (χ0v) is 18.0. The number of primary amides is 1. The number of carboxylic acid groups (broad SMARTS) is 1. The summed E-state index contributed by atoms with van der Waals surface area (Å²) in [7, 11) is -4.51. The molecule has 1 aromatic carbocycles. The lowest BCUT2D eigenvalue weighted by Gasteiger charge is -2.28. The monoisotopic (exact) mass is 443 g/mol. The van der Waals surface area contributed by atoms with Crippen LogP contribution in [0.2, 0.25) is 0 Å². The van der Waals surface area contributed by atoms with Gasteiger partial charge in [0.15, 0.2) is 6.10 Å². The average Bonchev–Trinajstić information content (AvgIpc) is 2.66. The Balaban J connectivity index is 2.71. The van der Waals surface area contributed by atoms with Gasteiger partial charge in [-0.1, -0.05) is 44.2 Å². The third kappa shape index (κ3) is 9.39. The Morgan fingerprint density at radius 3 is 2.37 bits per heavy atom. The zero-order chi connectivity index (χ0) is 22.7. The second-order valence-corrected chi connectivity index (χ2v) is 9.07. The Morgan fingerprint density at radius 2 is 1.83 bits per heavy atom. The number of urea groups is 1. The summed E-state index contributed by atoms with van der Waals surface area (Å²) in [5.41, 5.74) is 5.88. The molecule has 3 atom stereocenters. The van der Waals surface area contributed by atoms with E-state index in [1.165, 1.54) is 0 Å². The molecule has 30 heavy (non-hydrogen) atoms. The second kappa shape index (κ2) is 12.3. The van der Waals surface area contributed by atoms with E-state index in [2.05, 4.69) is 10.6 Å². The van der Waals surface area contributed by atoms with Crippen molar-refractivity contribution in [2.75, 3.05) is 6.54 Å². The Hall–Kier alpha value is -2.42. The molecule has 2 unspecified atom stereocenters. The van der Waals surface area contributed by atoms with E-state index in [4.69, 9.17) is 10.3 Å². The fraction of sp³-hybridized carbons (Fsp3) is 0.526. The van der Waals surface area contributed by atoms with E-state index in [0.717, 1.165) is 5.56 Å². The van der Waals surface area contributed by atoms with Crippen LogP contribution in [0.25, 0.3) is 0 Å². The Kier molecular flexibility index (Phi) is 10.5. The minimum atomic E-state index is -4.51. The van der Waals surface area contributed by atoms with Gasteiger partial charge in [0.2, 0.25) is 5.91 Å². The maximum absolute atomic E-state index is 12.8. The molecular formula is C19H30N3O7P. The van der Waals surface area contributed by atoms with Gasteiger partial charge in [0, 0.05) is 13.0 Å². The van der Waals surface area contributed by atoms with Crippen LogP contribution in [0.5, 0.6) is 0 Å². The highest BCUT2D eigenvalue weighted by molar-refractivity contribution is 7.53. The van der Waals surface area contributed by atoms with E-state index in [9.17, 15) is 28.9 Å². The Morgan fingerprint density at radius 1 is 1.20 bits per heavy atom. The number of carboxylic acids is 1. The highest BCUT2D eigenvalue weighted by atomic mass is 31.2. The number of nitrogens with two attached hydrogens (primary N) is 1. The van der Waals surface area contributed by atoms with Crippen molar-refractivity contribution in [3.63, 3.8) is 0 Å². The van der Waals surface area contributed by atoms with Crippen molar-refractivity contribution in [3.05, 3.63) is 35.9 Å². The molecule has 1 rings (SSSR count). The lowest BCUT2D eigenvalue weighted by Crippen LogP contribution is -2.40. The van der Waals surface area contributed by atoms with E-state index in [1.807, 2.05) is 30.3 Å². The van der Waals surface area contributed by atoms with Crippen molar-refractivity contribution in [1.82, 2.24) is 10.6 Å². The third-order valence-electron chi connectivity index (χ3n) is 4.27. The van der Waals surface area contributed by atoms with Crippen molar-refractivity contribution >= 4 is 25.5 Å². The number of carbonyl (C=O) groups is 3. The molecule has 0 aliphatic heterocycles. The minimum Gasteiger partial charge on any atom is -0.479 e. The zero-order valence-electron chi connectivity index (χ0n) is 17.1. The number of hydrogen-bond donors (Lipinski definition) is 5. The molecule has 0 aromatic heterocycles. The smallest absolute Gasteiger partial charge is 0.351 e. The number of aryl methyl sites for hydroxylation is 1. The summed E-state index contributed by atoms with van der Waals surface area (Å²) >= 11 is 0. The Labute approximate surface area is 175 Å². The molecule has 11 heteroatoms. The lowest BCUT2D eigenvalue weighted by atomic mass is 10.1. The summed E-state index contributed by atoms with van der Waals surface area (Å²) < 4.78 is 17.8. The van der Waals surface area contributed by atoms with Gasteiger partial charge in [-0.3, -0.25) is 13.9 Å². The fourth-order valence-corrected chi connectivity index (χ4v) is 4.48. The van der Waals surface area contributed by atoms with Crippen LogP contribution in [0.4, 0.5) is 4.79 Å². The standard InChI is InChI=1S/C19H30N3O7P/c1-13(2)17(22-16(23)11-10-14-7-4-3-5-8-14)30(27,28)29-15(18(24)25)9-6-12-21-19(20)26/h3-5,7-8,13,15,17H,6,9-12H2,1-2H3,(H,22,23)(H,24,25)(H,27,28)(H3,20,21,26)/t15?,17-/m0/s1. The average molecular weight is 443 g/mol. The first-order chi connectivity index (χ1) is 14.0. The third-order valence-corrected chi connectivity index (χ3v) is 6.26. The first-order valence-electron chi connectivity index (χ1n) is 9.63. The fourth-order valence-electron chi connectivity index (χ4n) is 2.73. The lowest BCUT2D eigenvalue weighted by molar-refractivity contribution is -0.145. The van der Waals surface area contributed by atoms with Crippen LogP contribution in [0.3, 0.4) is 0 Å². The summed E-state index contributed by atoms with van der Waals surface area (Å²) in [6, 6.07) is 8.56. The number of amides is 3. The van der Waals surface area contributed by atoms with Crippen LogP contribution >= 0.6 is 7.60 Å². The molecule has 0 bridgehead atoms. The normalized spacial score (nSPS) is 15.1. The maximum Gasteiger partial charge on any atom is 0.351 e. The molecule has 6 N–H and O–H groups in total. The quantitative estimate of drug-likeness (QED) is 0.229. The molecule has 3 amide bonds. The highest BCUT2D eigenvalue weighted by Crippen LogP contribution is 2.50. The largest absolute Gasteiger partial charge is 0.479 e. The van der Waals surface area contributed by atoms with Gasteiger partial charge in [0.25, 0.3) is 0 Å². The molecule has 10 nitrogen and oxygen atoms in total. The molecule has 0 spiro atoms. The SMILES string of the molecule is CC(C)[C@@H](NC(=O)CCc1ccccc1)P(=O)(O)OC(CCCNC(N)=O)C(=O)O. The van der Waals surface area contributed by atoms with Gasteiger partial charge in [0.05, 0.1) is 0 Å². The van der Waals surface area contributed by atoms with E-state index in [-0.39, 0.29) is 25.8 Å². The van der Waals surface area contributed by atoms with Crippen LogP contribution in [-0.4, -0.2) is 46.3 Å². The van der Waals surface area contributed by atoms with Gasteiger partial charge < -0.3 is 26.4 Å². The van der Waals surface area contributed by atoms with Crippen LogP contribution < -0.4 is 16.4 Å². The topological polar surface area (TPSA) is 168 Å². The molecule has 0 aliphatic carbocycles. The van der Waals surface area contributed by atoms with Gasteiger partial charge in [-0.05, 0) is 30.7 Å². The first-order valence-corrected chi connectivity index (χ1v) is 11.3. The molecule has 0 fully saturated rings. The van der Waals surface area contributed by atoms with Crippen molar-refractivity contribution in [2.24, 2.45) is 11.7 Å². The summed E-state index contributed by atoms with van der Waals surface area (Å²) in [5, 5.41) is 14.1. The summed E-state index contributed by atoms with van der Waals surface area (Å²) in [4.78, 5) is 44.8. The number of hydrogen-bond acceptors (Lipinski definition) is 5. The number of aliphatic carboxylic acids is 1. The highest BCUT2D eigenvalue weighted by Gasteiger charge is 2.40. The molecule has 0 aliphatic rings. The number of carbonyl (C=O) groups excluding carboxylic acids is 2. The van der Waals surface area contributed by atoms with Crippen LogP contribution in [0, 0.1) is 5.92 Å². The molecular weight excluding hydrogens is 413 g/mol. The summed E-state index contributed by atoms with van der Waals surface area (Å²) in [6.07, 6.45) is -0.951. The molecule has 168 valence electrons. The molecule has 0 saturated carbocycles. The van der Waals surface area contributed by atoms with Crippen molar-refractivity contribution < 1.29 is 33.5 Å². The van der Waals surface area contributed by atoms with Crippen LogP contribution in [0.1, 0.15) is 38.7 Å². The van der Waals surface area contributed by atoms with Crippen molar-refractivity contribution in [2.45, 2.75) is 51.4 Å². The van der Waals surface area contributed by atoms with E-state index >= 15 is 0 Å². The van der Waals surface area contributed by atoms with E-state index < -0.39 is 43.3 Å². The van der Waals surface area contributed by atoms with Gasteiger partial charge in [-0.15, -0.1) is 0 Å². The van der Waals surface area contributed by atoms with Gasteiger partial charge >= 0.3 is 19.6 Å². The van der Waals surface area contributed by atoms with E-state index in [1.54, 1.807) is 13.8 Å². The maximum atomic E-state index is 12.8. The van der Waals surface area contributed by atoms with Crippen molar-refractivity contribution in [1.29, 1.82) is 0 Å². The molecule has 0 radical (unpaired) electrons. The van der Waals surface area contributed by atoms with Crippen LogP contribution in [0.15, 0.2) is 30.3 Å². The molecule has 1 aromatic rings. The second-order valence-electron chi connectivity index (χ2n) is 7.17. The van der Waals surface area contributed by atoms with Crippen LogP contribution in [-0.2, 0) is 25.1 Å².